The number of nitrogens with one attached hydrogen (secondary N) is 1. The second kappa shape index (κ2) is 4.06. The molecule has 94 valence electrons. The van der Waals surface area contributed by atoms with Gasteiger partial charge in [0.25, 0.3) is 5.56 Å². The molecule has 3 N–H and O–H groups in total. The van der Waals surface area contributed by atoms with E-state index in [1.807, 2.05) is 13.1 Å². The molecule has 3 rings (SSSR count). The molecule has 1 aliphatic carbocycles. The van der Waals surface area contributed by atoms with Gasteiger partial charge < -0.3 is 10.7 Å². The molecule has 0 bridgehead atoms. The zero-order chi connectivity index (χ0) is 12.7. The fraction of sp³-hybridized carbons (Fsp3) is 0.417. The van der Waals surface area contributed by atoms with Gasteiger partial charge >= 0.3 is 0 Å². The van der Waals surface area contributed by atoms with Gasteiger partial charge in [-0.1, -0.05) is 0 Å². The summed E-state index contributed by atoms with van der Waals surface area (Å²) in [6.45, 7) is 0. The minimum absolute atomic E-state index is 0.174. The highest BCUT2D eigenvalue weighted by Crippen LogP contribution is 2.38. The standard InChI is InChI=1S/C12H15N5O/c1-17-9(4-5-14-17)8-6-10(18)16-12(15-8)11(13)7-2-3-7/h4-7,11H,2-3,13H2,1H3,(H,15,16,18). The number of aromatic nitrogens is 4. The molecule has 1 unspecified atom stereocenters. The van der Waals surface area contributed by atoms with E-state index in [0.717, 1.165) is 18.5 Å². The molecule has 6 heteroatoms. The average Bonchev–Trinajstić information content (AvgIpc) is 3.10. The first kappa shape index (κ1) is 11.2. The van der Waals surface area contributed by atoms with E-state index < -0.39 is 0 Å². The summed E-state index contributed by atoms with van der Waals surface area (Å²) in [6.07, 6.45) is 3.90. The van der Waals surface area contributed by atoms with Crippen molar-refractivity contribution in [3.63, 3.8) is 0 Å². The third kappa shape index (κ3) is 1.95. The summed E-state index contributed by atoms with van der Waals surface area (Å²) in [7, 11) is 1.82. The predicted molar refractivity (Wildman–Crippen MR) is 66.7 cm³/mol. The zero-order valence-corrected chi connectivity index (χ0v) is 10.1. The summed E-state index contributed by atoms with van der Waals surface area (Å²) in [5.74, 6) is 1.02. The largest absolute Gasteiger partial charge is 0.321 e. The van der Waals surface area contributed by atoms with Crippen LogP contribution in [0.2, 0.25) is 0 Å². The van der Waals surface area contributed by atoms with E-state index in [4.69, 9.17) is 5.73 Å². The van der Waals surface area contributed by atoms with Gasteiger partial charge in [0.05, 0.1) is 17.4 Å². The predicted octanol–water partition coefficient (Wildman–Crippen LogP) is 0.580. The van der Waals surface area contributed by atoms with Crippen LogP contribution in [0.5, 0.6) is 0 Å². The molecule has 1 atom stereocenters. The topological polar surface area (TPSA) is 89.6 Å². The first-order valence-corrected chi connectivity index (χ1v) is 6.00. The molecule has 0 saturated heterocycles. The van der Waals surface area contributed by atoms with Gasteiger partial charge in [-0.3, -0.25) is 9.48 Å². The van der Waals surface area contributed by atoms with Crippen molar-refractivity contribution in [2.45, 2.75) is 18.9 Å². The lowest BCUT2D eigenvalue weighted by Crippen LogP contribution is -2.21. The maximum Gasteiger partial charge on any atom is 0.251 e. The van der Waals surface area contributed by atoms with Gasteiger partial charge in [-0.15, -0.1) is 0 Å². The SMILES string of the molecule is Cn1nccc1-c1cc(=O)[nH]c(C(N)C2CC2)n1. The number of hydrogen-bond donors (Lipinski definition) is 2. The van der Waals surface area contributed by atoms with E-state index in [0.29, 0.717) is 17.4 Å². The van der Waals surface area contributed by atoms with E-state index in [-0.39, 0.29) is 11.6 Å². The Bertz CT molecular complexity index is 625. The molecule has 1 aliphatic rings. The lowest BCUT2D eigenvalue weighted by molar-refractivity contribution is 0.591. The Kier molecular flexibility index (Phi) is 2.52. The van der Waals surface area contributed by atoms with Crippen LogP contribution in [0.15, 0.2) is 23.1 Å². The van der Waals surface area contributed by atoms with Crippen molar-refractivity contribution >= 4 is 0 Å². The second-order valence-electron chi connectivity index (χ2n) is 4.72. The molecule has 0 radical (unpaired) electrons. The first-order valence-electron chi connectivity index (χ1n) is 6.00. The Hall–Kier alpha value is -1.95. The molecule has 2 aromatic rings. The van der Waals surface area contributed by atoms with Crippen molar-refractivity contribution in [2.75, 3.05) is 0 Å². The van der Waals surface area contributed by atoms with Crippen LogP contribution in [0.25, 0.3) is 11.4 Å². The summed E-state index contributed by atoms with van der Waals surface area (Å²) in [6, 6.07) is 3.12. The minimum atomic E-state index is -0.175. The third-order valence-corrected chi connectivity index (χ3v) is 3.29. The molecule has 2 heterocycles. The highest BCUT2D eigenvalue weighted by molar-refractivity contribution is 5.53. The van der Waals surface area contributed by atoms with Gasteiger partial charge in [0, 0.05) is 19.3 Å². The second-order valence-corrected chi connectivity index (χ2v) is 4.72. The van der Waals surface area contributed by atoms with Crippen LogP contribution in [-0.2, 0) is 7.05 Å². The van der Waals surface area contributed by atoms with Crippen LogP contribution in [0, 0.1) is 5.92 Å². The van der Waals surface area contributed by atoms with E-state index >= 15 is 0 Å². The van der Waals surface area contributed by atoms with Gasteiger partial charge in [0.15, 0.2) is 0 Å². The molecule has 0 spiro atoms. The summed E-state index contributed by atoms with van der Waals surface area (Å²) < 4.78 is 1.69. The van der Waals surface area contributed by atoms with Gasteiger partial charge in [0.2, 0.25) is 0 Å². The van der Waals surface area contributed by atoms with Crippen LogP contribution in [0.4, 0.5) is 0 Å². The van der Waals surface area contributed by atoms with E-state index in [9.17, 15) is 4.79 Å². The number of nitrogens with zero attached hydrogens (tertiary/aromatic N) is 3. The van der Waals surface area contributed by atoms with Crippen molar-refractivity contribution in [3.05, 3.63) is 34.5 Å². The van der Waals surface area contributed by atoms with E-state index in [1.54, 1.807) is 10.9 Å². The smallest absolute Gasteiger partial charge is 0.251 e. The fourth-order valence-corrected chi connectivity index (χ4v) is 2.07. The fourth-order valence-electron chi connectivity index (χ4n) is 2.07. The van der Waals surface area contributed by atoms with E-state index in [2.05, 4.69) is 15.1 Å². The Morgan fingerprint density at radius 3 is 2.94 bits per heavy atom. The number of nitrogens with two attached hydrogens (primary N) is 1. The van der Waals surface area contributed by atoms with Crippen molar-refractivity contribution in [1.82, 2.24) is 19.7 Å². The number of aryl methyl sites for hydroxylation is 1. The Morgan fingerprint density at radius 1 is 1.56 bits per heavy atom. The monoisotopic (exact) mass is 245 g/mol. The Labute approximate surface area is 104 Å². The van der Waals surface area contributed by atoms with Gasteiger partial charge in [0.1, 0.15) is 5.82 Å². The summed E-state index contributed by atoms with van der Waals surface area (Å²) in [5.41, 5.74) is 7.33. The third-order valence-electron chi connectivity index (χ3n) is 3.29. The number of aromatic amines is 1. The Balaban J connectivity index is 2.05. The van der Waals surface area contributed by atoms with Crippen LogP contribution in [-0.4, -0.2) is 19.7 Å². The lowest BCUT2D eigenvalue weighted by Gasteiger charge is -2.10. The molecule has 6 nitrogen and oxygen atoms in total. The van der Waals surface area contributed by atoms with Crippen molar-refractivity contribution in [1.29, 1.82) is 0 Å². The normalized spacial score (nSPS) is 16.8. The summed E-state index contributed by atoms with van der Waals surface area (Å²) >= 11 is 0. The van der Waals surface area contributed by atoms with Crippen LogP contribution < -0.4 is 11.3 Å². The van der Waals surface area contributed by atoms with Gasteiger partial charge in [-0.25, -0.2) is 4.98 Å². The first-order chi connectivity index (χ1) is 8.65. The molecule has 1 fully saturated rings. The summed E-state index contributed by atoms with van der Waals surface area (Å²) in [4.78, 5) is 18.9. The molecule has 18 heavy (non-hydrogen) atoms. The maximum atomic E-state index is 11.7. The van der Waals surface area contributed by atoms with Crippen molar-refractivity contribution in [2.24, 2.45) is 18.7 Å². The van der Waals surface area contributed by atoms with Crippen LogP contribution in [0.1, 0.15) is 24.7 Å². The van der Waals surface area contributed by atoms with Crippen molar-refractivity contribution in [3.8, 4) is 11.4 Å². The number of H-pyrrole nitrogens is 1. The molecule has 0 amide bonds. The quantitative estimate of drug-likeness (QED) is 0.827. The van der Waals surface area contributed by atoms with Crippen LogP contribution in [0.3, 0.4) is 0 Å². The average molecular weight is 245 g/mol. The highest BCUT2D eigenvalue weighted by atomic mass is 16.1. The highest BCUT2D eigenvalue weighted by Gasteiger charge is 2.31. The van der Waals surface area contributed by atoms with Crippen molar-refractivity contribution < 1.29 is 0 Å². The maximum absolute atomic E-state index is 11.7. The summed E-state index contributed by atoms with van der Waals surface area (Å²) in [5, 5.41) is 4.08. The van der Waals surface area contributed by atoms with E-state index in [1.165, 1.54) is 6.07 Å². The van der Waals surface area contributed by atoms with Crippen LogP contribution >= 0.6 is 0 Å². The molecular formula is C12H15N5O. The molecule has 2 aromatic heterocycles. The Morgan fingerprint density at radius 2 is 2.33 bits per heavy atom. The molecular weight excluding hydrogens is 230 g/mol. The number of rotatable bonds is 3. The van der Waals surface area contributed by atoms with Gasteiger partial charge in [-0.2, -0.15) is 5.10 Å². The molecule has 0 aromatic carbocycles. The van der Waals surface area contributed by atoms with Gasteiger partial charge in [-0.05, 0) is 24.8 Å². The zero-order valence-electron chi connectivity index (χ0n) is 10.1. The minimum Gasteiger partial charge on any atom is -0.321 e. The molecule has 0 aliphatic heterocycles. The molecule has 1 saturated carbocycles. The number of hydrogen-bond acceptors (Lipinski definition) is 4. The lowest BCUT2D eigenvalue weighted by atomic mass is 10.2.